The molecule has 3 aromatic carbocycles. The fraction of sp³-hybridized carbons (Fsp3) is 0.489. The molecular formula is C45H49ClN6O4. The van der Waals surface area contributed by atoms with E-state index in [9.17, 15) is 19.2 Å². The summed E-state index contributed by atoms with van der Waals surface area (Å²) in [5.41, 5.74) is 6.12. The monoisotopic (exact) mass is 772 g/mol. The minimum atomic E-state index is -0.390. The Morgan fingerprint density at radius 3 is 2.27 bits per heavy atom. The Labute approximate surface area is 332 Å². The van der Waals surface area contributed by atoms with Gasteiger partial charge in [0.2, 0.25) is 17.7 Å². The number of halogens is 1. The molecule has 1 unspecified atom stereocenters. The van der Waals surface area contributed by atoms with Crippen LogP contribution in [-0.4, -0.2) is 75.8 Å². The highest BCUT2D eigenvalue weighted by atomic mass is 35.5. The molecule has 3 saturated heterocycles. The first-order chi connectivity index (χ1) is 26.9. The molecule has 0 spiro atoms. The third-order valence-electron chi connectivity index (χ3n) is 14.3. The van der Waals surface area contributed by atoms with Crippen molar-refractivity contribution in [2.24, 2.45) is 10.8 Å². The first kappa shape index (κ1) is 35.8. The van der Waals surface area contributed by atoms with E-state index in [0.29, 0.717) is 46.4 Å². The van der Waals surface area contributed by atoms with Crippen LogP contribution in [0.3, 0.4) is 0 Å². The zero-order chi connectivity index (χ0) is 38.6. The van der Waals surface area contributed by atoms with Crippen molar-refractivity contribution in [3.8, 4) is 5.69 Å². The molecule has 2 bridgehead atoms. The third-order valence-corrected chi connectivity index (χ3v) is 14.6. The lowest BCUT2D eigenvalue weighted by Gasteiger charge is -2.71. The molecule has 0 radical (unpaired) electrons. The number of amides is 3. The Balaban J connectivity index is 0.716. The van der Waals surface area contributed by atoms with Gasteiger partial charge in [-0.15, -0.1) is 0 Å². The molecule has 290 valence electrons. The van der Waals surface area contributed by atoms with Crippen LogP contribution in [0.4, 0.5) is 5.69 Å². The molecule has 10 nitrogen and oxygen atoms in total. The van der Waals surface area contributed by atoms with Crippen LogP contribution in [0.1, 0.15) is 106 Å². The number of imide groups is 1. The highest BCUT2D eigenvalue weighted by Crippen LogP contribution is 2.74. The quantitative estimate of drug-likeness (QED) is 0.202. The number of nitrogens with one attached hydrogen (secondary N) is 2. The molecule has 2 N–H and O–H groups in total. The summed E-state index contributed by atoms with van der Waals surface area (Å²) in [5, 5.41) is 6.58. The van der Waals surface area contributed by atoms with Crippen LogP contribution < -0.4 is 16.2 Å². The van der Waals surface area contributed by atoms with Gasteiger partial charge in [0.05, 0.1) is 32.4 Å². The molecule has 11 rings (SSSR count). The van der Waals surface area contributed by atoms with Gasteiger partial charge in [0, 0.05) is 31.7 Å². The van der Waals surface area contributed by atoms with Gasteiger partial charge >= 0.3 is 0 Å². The van der Waals surface area contributed by atoms with Crippen LogP contribution in [0.2, 0.25) is 5.02 Å². The number of likely N-dealkylation sites (tertiary alicyclic amines) is 2. The molecule has 4 aromatic rings. The van der Waals surface area contributed by atoms with Crippen LogP contribution in [0.5, 0.6) is 0 Å². The van der Waals surface area contributed by atoms with E-state index in [1.165, 1.54) is 16.7 Å². The lowest BCUT2D eigenvalue weighted by molar-refractivity contribution is -0.223. The number of hydrogen-bond acceptors (Lipinski definition) is 7. The average molecular weight is 773 g/mol. The second kappa shape index (κ2) is 13.0. The van der Waals surface area contributed by atoms with E-state index >= 15 is 0 Å². The fourth-order valence-corrected chi connectivity index (χ4v) is 11.7. The Morgan fingerprint density at radius 1 is 0.875 bits per heavy atom. The van der Waals surface area contributed by atoms with Crippen molar-refractivity contribution in [1.29, 1.82) is 0 Å². The highest BCUT2D eigenvalue weighted by Gasteiger charge is 2.72. The summed E-state index contributed by atoms with van der Waals surface area (Å²) in [6, 6.07) is 20.4. The Kier molecular flexibility index (Phi) is 8.32. The fourth-order valence-electron chi connectivity index (χ4n) is 11.5. The Hall–Kier alpha value is -4.54. The topological polar surface area (TPSA) is 117 Å². The van der Waals surface area contributed by atoms with Crippen molar-refractivity contribution in [2.75, 3.05) is 38.0 Å². The second-order valence-electron chi connectivity index (χ2n) is 18.3. The van der Waals surface area contributed by atoms with Crippen LogP contribution in [0.25, 0.3) is 16.6 Å². The normalized spacial score (nSPS) is 27.3. The molecular weight excluding hydrogens is 724 g/mol. The van der Waals surface area contributed by atoms with Gasteiger partial charge in [-0.3, -0.25) is 29.1 Å². The van der Waals surface area contributed by atoms with E-state index in [1.54, 1.807) is 6.07 Å². The van der Waals surface area contributed by atoms with Gasteiger partial charge < -0.3 is 15.1 Å². The maximum atomic E-state index is 13.8. The summed E-state index contributed by atoms with van der Waals surface area (Å²) in [7, 11) is 0. The van der Waals surface area contributed by atoms with Crippen LogP contribution in [0, 0.1) is 10.8 Å². The predicted molar refractivity (Wildman–Crippen MR) is 216 cm³/mol. The van der Waals surface area contributed by atoms with Crippen molar-refractivity contribution in [3.05, 3.63) is 98.6 Å². The molecule has 3 saturated carbocycles. The first-order valence-electron chi connectivity index (χ1n) is 20.5. The number of anilines is 1. The summed E-state index contributed by atoms with van der Waals surface area (Å²) in [6.45, 7) is 9.15. The number of fused-ring (bicyclic) bond motifs is 5. The molecule has 3 aliphatic carbocycles. The van der Waals surface area contributed by atoms with Crippen molar-refractivity contribution >= 4 is 45.9 Å². The molecule has 7 aliphatic rings. The SMILES string of the molecule is CC1(C)c2ccc(C3CCN(CC45CC(C(=O)N6CCC(c7ccc(NC8CCC(=O)NC8=O)cc7)CC6)(C4)C5)CC3)cc2-n2c1nc(=O)c1c(Cl)cccc12. The maximum absolute atomic E-state index is 13.8. The zero-order valence-corrected chi connectivity index (χ0v) is 33.0. The lowest BCUT2D eigenvalue weighted by Crippen LogP contribution is -2.71. The number of nitrogens with zero attached hydrogens (tertiary/aromatic N) is 4. The number of piperidine rings is 3. The molecule has 3 amide bonds. The smallest absolute Gasteiger partial charge is 0.282 e. The average Bonchev–Trinajstić information content (AvgIpc) is 3.39. The molecule has 6 fully saturated rings. The van der Waals surface area contributed by atoms with E-state index < -0.39 is 0 Å². The molecule has 56 heavy (non-hydrogen) atoms. The lowest BCUT2D eigenvalue weighted by atomic mass is 9.34. The molecule has 5 heterocycles. The van der Waals surface area contributed by atoms with E-state index in [-0.39, 0.29) is 34.2 Å². The first-order valence-corrected chi connectivity index (χ1v) is 20.9. The van der Waals surface area contributed by atoms with Gasteiger partial charge in [0.1, 0.15) is 11.9 Å². The van der Waals surface area contributed by atoms with Gasteiger partial charge in [-0.25, -0.2) is 0 Å². The highest BCUT2D eigenvalue weighted by molar-refractivity contribution is 6.35. The second-order valence-corrected chi connectivity index (χ2v) is 18.7. The van der Waals surface area contributed by atoms with E-state index in [4.69, 9.17) is 11.6 Å². The summed E-state index contributed by atoms with van der Waals surface area (Å²) in [6.07, 6.45) is 8.13. The maximum Gasteiger partial charge on any atom is 0.282 e. The summed E-state index contributed by atoms with van der Waals surface area (Å²) >= 11 is 6.51. The van der Waals surface area contributed by atoms with Gasteiger partial charge in [-0.1, -0.05) is 41.9 Å². The van der Waals surface area contributed by atoms with Crippen molar-refractivity contribution in [2.45, 2.75) is 94.9 Å². The van der Waals surface area contributed by atoms with Crippen molar-refractivity contribution in [3.63, 3.8) is 0 Å². The number of benzene rings is 3. The van der Waals surface area contributed by atoms with E-state index in [0.717, 1.165) is 100 Å². The van der Waals surface area contributed by atoms with Crippen molar-refractivity contribution < 1.29 is 14.4 Å². The Bertz CT molecular complexity index is 2330. The van der Waals surface area contributed by atoms with Crippen LogP contribution in [0.15, 0.2) is 65.5 Å². The Morgan fingerprint density at radius 2 is 1.55 bits per heavy atom. The number of carbonyl (C=O) groups is 3. The standard InChI is InChI=1S/C45H49ClN6O4/c1-43(2)32-11-8-30(22-36(32)52-35-5-3-4-33(46)38(35)40(55)49-41(43)52)29-14-18-50(19-15-29)26-44-23-45(24-44,25-44)42(56)51-20-16-28(17-21-51)27-6-9-31(10-7-27)47-34-12-13-37(53)48-39(34)54/h3-11,22,28-29,34,47H,12-21,23-26H2,1-2H3,(H,48,53,54). The van der Waals surface area contributed by atoms with Gasteiger partial charge in [-0.05, 0) is 143 Å². The largest absolute Gasteiger partial charge is 0.374 e. The van der Waals surface area contributed by atoms with Crippen molar-refractivity contribution in [1.82, 2.24) is 24.7 Å². The molecule has 1 atom stereocenters. The number of carbonyl (C=O) groups excluding carboxylic acids is 3. The van der Waals surface area contributed by atoms with Gasteiger partial charge in [-0.2, -0.15) is 4.98 Å². The summed E-state index contributed by atoms with van der Waals surface area (Å²) < 4.78 is 2.16. The summed E-state index contributed by atoms with van der Waals surface area (Å²) in [4.78, 5) is 59.9. The zero-order valence-electron chi connectivity index (χ0n) is 32.2. The number of aromatic nitrogens is 2. The van der Waals surface area contributed by atoms with E-state index in [1.807, 2.05) is 24.3 Å². The summed E-state index contributed by atoms with van der Waals surface area (Å²) in [5.74, 6) is 1.58. The van der Waals surface area contributed by atoms with Crippen LogP contribution >= 0.6 is 11.6 Å². The molecule has 1 aromatic heterocycles. The van der Waals surface area contributed by atoms with Gasteiger partial charge in [0.25, 0.3) is 5.56 Å². The molecule has 11 heteroatoms. The minimum absolute atomic E-state index is 0.128. The molecule has 4 aliphatic heterocycles. The van der Waals surface area contributed by atoms with Crippen LogP contribution in [-0.2, 0) is 19.8 Å². The van der Waals surface area contributed by atoms with Gasteiger partial charge in [0.15, 0.2) is 0 Å². The third kappa shape index (κ3) is 5.72. The number of rotatable bonds is 7. The minimum Gasteiger partial charge on any atom is -0.374 e. The predicted octanol–water partition coefficient (Wildman–Crippen LogP) is 6.65. The number of hydrogen-bond donors (Lipinski definition) is 2. The van der Waals surface area contributed by atoms with E-state index in [2.05, 4.69) is 74.2 Å².